The fourth-order valence-corrected chi connectivity index (χ4v) is 6.79. The lowest BCUT2D eigenvalue weighted by atomic mass is 9.93. The molecule has 0 amide bonds. The molecule has 4 heteroatoms. The van der Waals surface area contributed by atoms with Crippen molar-refractivity contribution in [1.29, 1.82) is 0 Å². The number of thiophene rings is 1. The van der Waals surface area contributed by atoms with E-state index in [1.165, 1.54) is 25.7 Å². The molecular weight excluding hydrogens is 543 g/mol. The van der Waals surface area contributed by atoms with Gasteiger partial charge in [-0.05, 0) is 52.6 Å². The minimum atomic E-state index is 0.647. The van der Waals surface area contributed by atoms with Gasteiger partial charge in [-0.1, -0.05) is 121 Å². The molecule has 43 heavy (non-hydrogen) atoms. The van der Waals surface area contributed by atoms with Crippen LogP contribution in [0.2, 0.25) is 0 Å². The molecule has 2 heterocycles. The number of benzene rings is 6. The van der Waals surface area contributed by atoms with Crippen molar-refractivity contribution in [3.05, 3.63) is 152 Å². The molecule has 0 aliphatic carbocycles. The van der Waals surface area contributed by atoms with Crippen LogP contribution in [0, 0.1) is 0 Å². The van der Waals surface area contributed by atoms with Crippen molar-refractivity contribution in [2.75, 3.05) is 0 Å². The van der Waals surface area contributed by atoms with Crippen molar-refractivity contribution in [2.45, 2.75) is 0 Å². The van der Waals surface area contributed by atoms with E-state index in [1.54, 1.807) is 0 Å². The van der Waals surface area contributed by atoms with E-state index in [1.807, 2.05) is 72.0 Å². The molecule has 8 rings (SSSR count). The van der Waals surface area contributed by atoms with Gasteiger partial charge in [0, 0.05) is 36.9 Å². The van der Waals surface area contributed by atoms with Gasteiger partial charge in [0.05, 0.1) is 0 Å². The molecule has 0 radical (unpaired) electrons. The van der Waals surface area contributed by atoms with Gasteiger partial charge in [0.1, 0.15) is 0 Å². The van der Waals surface area contributed by atoms with E-state index in [-0.39, 0.29) is 0 Å². The SMILES string of the molecule is c1ccc(-c2cc(-c3nc(-c4ccccc4)nc(-c4ccccc4)n3)cc(-c3cccc4sc5ccccc5c34)c2)cc1. The molecule has 0 saturated carbocycles. The van der Waals surface area contributed by atoms with Crippen molar-refractivity contribution in [1.82, 2.24) is 15.0 Å². The molecule has 202 valence electrons. The standard InChI is InChI=1S/C39H25N3S/c1-4-13-26(14-5-1)29-23-30(32-20-12-22-35-36(32)33-19-10-11-21-34(33)43-35)25-31(24-29)39-41-37(27-15-6-2-7-16-27)40-38(42-39)28-17-8-3-9-18-28/h1-25H. The monoisotopic (exact) mass is 567 g/mol. The third-order valence-corrected chi connectivity index (χ3v) is 8.85. The molecule has 3 nitrogen and oxygen atoms in total. The van der Waals surface area contributed by atoms with Gasteiger partial charge in [-0.3, -0.25) is 0 Å². The molecule has 0 unspecified atom stereocenters. The van der Waals surface area contributed by atoms with Crippen LogP contribution in [0.15, 0.2) is 152 Å². The second-order valence-corrected chi connectivity index (χ2v) is 11.6. The first-order valence-electron chi connectivity index (χ1n) is 14.3. The Morgan fingerprint density at radius 3 is 1.49 bits per heavy atom. The van der Waals surface area contributed by atoms with Crippen LogP contribution < -0.4 is 0 Å². The van der Waals surface area contributed by atoms with Crippen LogP contribution in [0.4, 0.5) is 0 Å². The zero-order chi connectivity index (χ0) is 28.6. The van der Waals surface area contributed by atoms with Gasteiger partial charge in [-0.2, -0.15) is 0 Å². The average Bonchev–Trinajstić information content (AvgIpc) is 3.48. The molecule has 0 atom stereocenters. The number of hydrogen-bond donors (Lipinski definition) is 0. The third-order valence-electron chi connectivity index (χ3n) is 7.71. The molecule has 0 fully saturated rings. The summed E-state index contributed by atoms with van der Waals surface area (Å²) in [6, 6.07) is 52.8. The zero-order valence-corrected chi connectivity index (χ0v) is 24.0. The smallest absolute Gasteiger partial charge is 0.164 e. The Labute approximate surface area is 253 Å². The van der Waals surface area contributed by atoms with E-state index in [4.69, 9.17) is 15.0 Å². The normalized spacial score (nSPS) is 11.3. The second kappa shape index (κ2) is 10.8. The van der Waals surface area contributed by atoms with Gasteiger partial charge in [-0.25, -0.2) is 15.0 Å². The second-order valence-electron chi connectivity index (χ2n) is 10.5. The molecule has 0 aliphatic rings. The van der Waals surface area contributed by atoms with Crippen LogP contribution in [0.1, 0.15) is 0 Å². The topological polar surface area (TPSA) is 38.7 Å². The molecule has 0 aliphatic heterocycles. The van der Waals surface area contributed by atoms with Gasteiger partial charge in [0.15, 0.2) is 17.5 Å². The van der Waals surface area contributed by atoms with Gasteiger partial charge in [0.2, 0.25) is 0 Å². The third kappa shape index (κ3) is 4.78. The quantitative estimate of drug-likeness (QED) is 0.208. The lowest BCUT2D eigenvalue weighted by Crippen LogP contribution is -2.00. The van der Waals surface area contributed by atoms with Crippen LogP contribution in [-0.4, -0.2) is 15.0 Å². The first-order valence-corrected chi connectivity index (χ1v) is 15.1. The molecule has 6 aromatic carbocycles. The highest BCUT2D eigenvalue weighted by Crippen LogP contribution is 2.42. The first kappa shape index (κ1) is 25.3. The van der Waals surface area contributed by atoms with E-state index in [2.05, 4.69) is 91.0 Å². The fourth-order valence-electron chi connectivity index (χ4n) is 5.66. The van der Waals surface area contributed by atoms with Gasteiger partial charge in [-0.15, -0.1) is 11.3 Å². The first-order chi connectivity index (χ1) is 21.3. The van der Waals surface area contributed by atoms with E-state index < -0.39 is 0 Å². The highest BCUT2D eigenvalue weighted by molar-refractivity contribution is 7.25. The van der Waals surface area contributed by atoms with E-state index >= 15 is 0 Å². The van der Waals surface area contributed by atoms with Crippen LogP contribution in [0.5, 0.6) is 0 Å². The number of hydrogen-bond acceptors (Lipinski definition) is 4. The summed E-state index contributed by atoms with van der Waals surface area (Å²) in [5.41, 5.74) is 7.46. The minimum Gasteiger partial charge on any atom is -0.208 e. The minimum absolute atomic E-state index is 0.647. The average molecular weight is 568 g/mol. The predicted molar refractivity (Wildman–Crippen MR) is 180 cm³/mol. The maximum Gasteiger partial charge on any atom is 0.164 e. The molecular formula is C39H25N3S. The van der Waals surface area contributed by atoms with Crippen LogP contribution in [0.25, 0.3) is 76.6 Å². The molecule has 0 saturated heterocycles. The Hall–Kier alpha value is -5.45. The maximum atomic E-state index is 5.05. The van der Waals surface area contributed by atoms with Crippen molar-refractivity contribution in [3.63, 3.8) is 0 Å². The molecule has 2 aromatic heterocycles. The van der Waals surface area contributed by atoms with E-state index in [0.29, 0.717) is 17.5 Å². The Bertz CT molecular complexity index is 2170. The number of fused-ring (bicyclic) bond motifs is 3. The Morgan fingerprint density at radius 2 is 0.837 bits per heavy atom. The van der Waals surface area contributed by atoms with Gasteiger partial charge >= 0.3 is 0 Å². The summed E-state index contributed by atoms with van der Waals surface area (Å²) in [6.07, 6.45) is 0. The van der Waals surface area contributed by atoms with Crippen LogP contribution >= 0.6 is 11.3 Å². The lowest BCUT2D eigenvalue weighted by molar-refractivity contribution is 1.07. The largest absolute Gasteiger partial charge is 0.208 e. The molecule has 8 aromatic rings. The predicted octanol–water partition coefficient (Wildman–Crippen LogP) is 10.6. The van der Waals surface area contributed by atoms with Crippen LogP contribution in [-0.2, 0) is 0 Å². The summed E-state index contributed by atoms with van der Waals surface area (Å²) < 4.78 is 2.57. The Morgan fingerprint density at radius 1 is 0.349 bits per heavy atom. The lowest BCUT2D eigenvalue weighted by Gasteiger charge is -2.13. The number of nitrogens with zero attached hydrogens (tertiary/aromatic N) is 3. The Kier molecular flexibility index (Phi) is 6.32. The molecule has 0 N–H and O–H groups in total. The van der Waals surface area contributed by atoms with Crippen molar-refractivity contribution in [3.8, 4) is 56.4 Å². The van der Waals surface area contributed by atoms with Crippen molar-refractivity contribution >= 4 is 31.5 Å². The zero-order valence-electron chi connectivity index (χ0n) is 23.2. The number of aromatic nitrogens is 3. The van der Waals surface area contributed by atoms with Crippen molar-refractivity contribution < 1.29 is 0 Å². The summed E-state index contributed by atoms with van der Waals surface area (Å²) in [4.78, 5) is 15.0. The summed E-state index contributed by atoms with van der Waals surface area (Å²) in [7, 11) is 0. The van der Waals surface area contributed by atoms with E-state index in [9.17, 15) is 0 Å². The fraction of sp³-hybridized carbons (Fsp3) is 0. The number of rotatable bonds is 5. The summed E-state index contributed by atoms with van der Waals surface area (Å²) in [6.45, 7) is 0. The molecule has 0 bridgehead atoms. The highest BCUT2D eigenvalue weighted by Gasteiger charge is 2.16. The van der Waals surface area contributed by atoms with Crippen LogP contribution in [0.3, 0.4) is 0 Å². The van der Waals surface area contributed by atoms with Crippen molar-refractivity contribution in [2.24, 2.45) is 0 Å². The summed E-state index contributed by atoms with van der Waals surface area (Å²) in [5, 5.41) is 2.56. The summed E-state index contributed by atoms with van der Waals surface area (Å²) >= 11 is 1.84. The Balaban J connectivity index is 1.40. The highest BCUT2D eigenvalue weighted by atomic mass is 32.1. The van der Waals surface area contributed by atoms with Gasteiger partial charge < -0.3 is 0 Å². The maximum absolute atomic E-state index is 5.05. The van der Waals surface area contributed by atoms with E-state index in [0.717, 1.165) is 33.4 Å². The summed E-state index contributed by atoms with van der Waals surface area (Å²) in [5.74, 6) is 1.96. The van der Waals surface area contributed by atoms with Gasteiger partial charge in [0.25, 0.3) is 0 Å². The molecule has 0 spiro atoms.